The van der Waals surface area contributed by atoms with Gasteiger partial charge in [0.15, 0.2) is 5.82 Å². The lowest BCUT2D eigenvalue weighted by atomic mass is 10.2. The van der Waals surface area contributed by atoms with E-state index in [9.17, 15) is 4.79 Å². The van der Waals surface area contributed by atoms with Gasteiger partial charge in [-0.1, -0.05) is 17.3 Å². The molecule has 1 fully saturated rings. The van der Waals surface area contributed by atoms with Crippen molar-refractivity contribution in [3.63, 3.8) is 0 Å². The zero-order chi connectivity index (χ0) is 18.4. The largest absolute Gasteiger partial charge is 0.448 e. The van der Waals surface area contributed by atoms with Crippen molar-refractivity contribution in [1.29, 1.82) is 0 Å². The molecule has 3 aromatic heterocycles. The van der Waals surface area contributed by atoms with Gasteiger partial charge in [-0.05, 0) is 19.2 Å². The predicted octanol–water partition coefficient (Wildman–Crippen LogP) is 1.57. The third-order valence-electron chi connectivity index (χ3n) is 4.95. The average Bonchev–Trinajstić information content (AvgIpc) is 3.29. The maximum absolute atomic E-state index is 12.8. The number of hydrogen-bond donors (Lipinski definition) is 1. The van der Waals surface area contributed by atoms with Crippen LogP contribution in [0.5, 0.6) is 0 Å². The van der Waals surface area contributed by atoms with Gasteiger partial charge in [-0.15, -0.1) is 12.4 Å². The van der Waals surface area contributed by atoms with Crippen LogP contribution in [0.25, 0.3) is 22.1 Å². The molecule has 1 atom stereocenters. The smallest absolute Gasteiger partial charge is 0.297 e. The van der Waals surface area contributed by atoms with Gasteiger partial charge in [-0.2, -0.15) is 4.98 Å². The molecule has 146 valence electrons. The molecule has 0 spiro atoms. The molecule has 0 amide bonds. The van der Waals surface area contributed by atoms with Crippen molar-refractivity contribution in [3.8, 4) is 0 Å². The van der Waals surface area contributed by atoms with Crippen LogP contribution in [-0.4, -0.2) is 51.3 Å². The van der Waals surface area contributed by atoms with Crippen molar-refractivity contribution >= 4 is 34.5 Å². The molecule has 28 heavy (non-hydrogen) atoms. The van der Waals surface area contributed by atoms with Gasteiger partial charge in [0.25, 0.3) is 5.56 Å². The highest BCUT2D eigenvalue weighted by molar-refractivity contribution is 6.01. The highest BCUT2D eigenvalue weighted by Crippen LogP contribution is 2.24. The predicted molar refractivity (Wildman–Crippen MR) is 105 cm³/mol. The lowest BCUT2D eigenvalue weighted by molar-refractivity contribution is 0.190. The summed E-state index contributed by atoms with van der Waals surface area (Å²) in [6.45, 7) is 2.77. The first-order valence-corrected chi connectivity index (χ1v) is 8.81. The quantitative estimate of drug-likeness (QED) is 0.551. The number of fused-ring (bicyclic) bond motifs is 3. The van der Waals surface area contributed by atoms with Gasteiger partial charge >= 0.3 is 0 Å². The first kappa shape index (κ1) is 18.6. The number of aromatic nitrogens is 4. The standard InChI is InChI=1S/C18H18N6O3.ClH/c1-23-7-6-19-8-12(23)17-21-14(27-22-17)9-24-10-20-15-11-4-2-3-5-13(11)26-16(15)18(24)25;/h2-5,10,12,19H,6-9H2,1H3;1H. The molecule has 0 saturated carbocycles. The molecule has 0 aliphatic carbocycles. The van der Waals surface area contributed by atoms with Crippen LogP contribution < -0.4 is 10.9 Å². The summed E-state index contributed by atoms with van der Waals surface area (Å²) in [7, 11) is 2.03. The number of nitrogens with one attached hydrogen (secondary N) is 1. The van der Waals surface area contributed by atoms with Crippen LogP contribution in [0.4, 0.5) is 0 Å². The first-order chi connectivity index (χ1) is 13.2. The first-order valence-electron chi connectivity index (χ1n) is 8.81. The summed E-state index contributed by atoms with van der Waals surface area (Å²) in [6, 6.07) is 7.52. The fraction of sp³-hybridized carbons (Fsp3) is 0.333. The molecule has 1 aliphatic heterocycles. The van der Waals surface area contributed by atoms with Crippen LogP contribution in [0.2, 0.25) is 0 Å². The van der Waals surface area contributed by atoms with Gasteiger partial charge < -0.3 is 14.3 Å². The molecule has 0 radical (unpaired) electrons. The van der Waals surface area contributed by atoms with Crippen LogP contribution >= 0.6 is 12.4 Å². The highest BCUT2D eigenvalue weighted by atomic mass is 35.5. The van der Waals surface area contributed by atoms with Crippen molar-refractivity contribution in [3.05, 3.63) is 52.7 Å². The van der Waals surface area contributed by atoms with E-state index in [0.717, 1.165) is 25.0 Å². The van der Waals surface area contributed by atoms with E-state index >= 15 is 0 Å². The van der Waals surface area contributed by atoms with Crippen LogP contribution in [0.3, 0.4) is 0 Å². The summed E-state index contributed by atoms with van der Waals surface area (Å²) < 4.78 is 12.5. The van der Waals surface area contributed by atoms with Crippen molar-refractivity contribution in [2.45, 2.75) is 12.6 Å². The van der Waals surface area contributed by atoms with Gasteiger partial charge in [0.1, 0.15) is 17.6 Å². The molecule has 4 aromatic rings. The van der Waals surface area contributed by atoms with E-state index in [0.29, 0.717) is 22.8 Å². The summed E-state index contributed by atoms with van der Waals surface area (Å²) >= 11 is 0. The molecule has 1 unspecified atom stereocenters. The summed E-state index contributed by atoms with van der Waals surface area (Å²) in [6.07, 6.45) is 1.49. The Hall–Kier alpha value is -2.75. The molecule has 5 rings (SSSR count). The van der Waals surface area contributed by atoms with Crippen LogP contribution in [-0.2, 0) is 6.54 Å². The third kappa shape index (κ3) is 3.07. The minimum absolute atomic E-state index is 0. The van der Waals surface area contributed by atoms with Crippen molar-refractivity contribution in [2.24, 2.45) is 0 Å². The van der Waals surface area contributed by atoms with Crippen LogP contribution in [0, 0.1) is 0 Å². The Balaban J connectivity index is 0.00000192. The Labute approximate surface area is 165 Å². The molecule has 10 heteroatoms. The number of rotatable bonds is 3. The zero-order valence-corrected chi connectivity index (χ0v) is 16.0. The molecule has 1 N–H and O–H groups in total. The van der Waals surface area contributed by atoms with E-state index in [1.165, 1.54) is 10.9 Å². The molecule has 0 bridgehead atoms. The van der Waals surface area contributed by atoms with E-state index in [1.54, 1.807) is 0 Å². The van der Waals surface area contributed by atoms with Crippen LogP contribution in [0.1, 0.15) is 17.8 Å². The second-order valence-corrected chi connectivity index (χ2v) is 6.70. The second kappa shape index (κ2) is 7.34. The van der Waals surface area contributed by atoms with E-state index < -0.39 is 0 Å². The minimum atomic E-state index is -0.271. The van der Waals surface area contributed by atoms with E-state index in [2.05, 4.69) is 25.3 Å². The molecule has 1 aromatic carbocycles. The zero-order valence-electron chi connectivity index (χ0n) is 15.2. The van der Waals surface area contributed by atoms with E-state index in [4.69, 9.17) is 8.94 Å². The maximum Gasteiger partial charge on any atom is 0.297 e. The molecule has 1 saturated heterocycles. The summed E-state index contributed by atoms with van der Waals surface area (Å²) in [5.74, 6) is 0.980. The van der Waals surface area contributed by atoms with Gasteiger partial charge in [-0.3, -0.25) is 14.3 Å². The Morgan fingerprint density at radius 3 is 3.04 bits per heavy atom. The number of nitrogens with zero attached hydrogens (tertiary/aromatic N) is 5. The number of likely N-dealkylation sites (N-methyl/N-ethyl adjacent to an activating group) is 1. The normalized spacial score (nSPS) is 17.8. The van der Waals surface area contributed by atoms with E-state index in [-0.39, 0.29) is 36.1 Å². The number of benzene rings is 1. The SMILES string of the molecule is CN1CCNCC1c1noc(Cn2cnc3c(oc4ccccc43)c2=O)n1.Cl. The summed E-state index contributed by atoms with van der Waals surface area (Å²) in [5, 5.41) is 8.23. The Bertz CT molecular complexity index is 1180. The number of piperazine rings is 1. The van der Waals surface area contributed by atoms with Gasteiger partial charge in [0.2, 0.25) is 11.5 Å². The fourth-order valence-electron chi connectivity index (χ4n) is 3.44. The maximum atomic E-state index is 12.8. The lowest BCUT2D eigenvalue weighted by Gasteiger charge is -2.30. The monoisotopic (exact) mass is 402 g/mol. The van der Waals surface area contributed by atoms with Gasteiger partial charge in [-0.25, -0.2) is 4.98 Å². The third-order valence-corrected chi connectivity index (χ3v) is 4.95. The molecule has 9 nitrogen and oxygen atoms in total. The van der Waals surface area contributed by atoms with Gasteiger partial charge in [0, 0.05) is 25.0 Å². The Kier molecular flexibility index (Phi) is 4.88. The fourth-order valence-corrected chi connectivity index (χ4v) is 3.44. The summed E-state index contributed by atoms with van der Waals surface area (Å²) in [4.78, 5) is 23.8. The Morgan fingerprint density at radius 2 is 2.18 bits per heavy atom. The van der Waals surface area contributed by atoms with Gasteiger partial charge in [0.05, 0.1) is 12.4 Å². The molecule has 1 aliphatic rings. The molecular formula is C18H19ClN6O3. The minimum Gasteiger partial charge on any atom is -0.448 e. The Morgan fingerprint density at radius 1 is 1.32 bits per heavy atom. The van der Waals surface area contributed by atoms with Crippen molar-refractivity contribution < 1.29 is 8.94 Å². The number of hydrogen-bond acceptors (Lipinski definition) is 8. The van der Waals surface area contributed by atoms with Crippen molar-refractivity contribution in [1.82, 2.24) is 29.9 Å². The highest BCUT2D eigenvalue weighted by Gasteiger charge is 2.25. The van der Waals surface area contributed by atoms with E-state index in [1.807, 2.05) is 31.3 Å². The van der Waals surface area contributed by atoms with Crippen molar-refractivity contribution in [2.75, 3.05) is 26.7 Å². The summed E-state index contributed by atoms with van der Waals surface area (Å²) in [5.41, 5.74) is 1.16. The molecule has 4 heterocycles. The number of halogens is 1. The number of furan rings is 1. The lowest BCUT2D eigenvalue weighted by Crippen LogP contribution is -2.44. The van der Waals surface area contributed by atoms with Crippen LogP contribution in [0.15, 0.2) is 44.3 Å². The topological polar surface area (TPSA) is 102 Å². The second-order valence-electron chi connectivity index (χ2n) is 6.70. The number of para-hydroxylation sites is 1. The average molecular weight is 403 g/mol. The molecular weight excluding hydrogens is 384 g/mol.